The number of para-hydroxylation sites is 1. The molecule has 4 nitrogen and oxygen atoms in total. The van der Waals surface area contributed by atoms with Gasteiger partial charge in [0.05, 0.1) is 5.69 Å². The van der Waals surface area contributed by atoms with Crippen molar-refractivity contribution >= 4 is 11.5 Å². The smallest absolute Gasteiger partial charge is 0.140 e. The number of benzene rings is 1. The summed E-state index contributed by atoms with van der Waals surface area (Å²) >= 11 is 0. The van der Waals surface area contributed by atoms with Crippen LogP contribution >= 0.6 is 0 Å². The summed E-state index contributed by atoms with van der Waals surface area (Å²) in [5, 5.41) is 0. The monoisotopic (exact) mass is 243 g/mol. The van der Waals surface area contributed by atoms with E-state index in [0.717, 1.165) is 24.6 Å². The molecule has 18 heavy (non-hydrogen) atoms. The number of aromatic nitrogens is 2. The van der Waals surface area contributed by atoms with Gasteiger partial charge in [0, 0.05) is 19.0 Å². The first-order chi connectivity index (χ1) is 8.90. The van der Waals surface area contributed by atoms with Crippen LogP contribution in [0.2, 0.25) is 0 Å². The van der Waals surface area contributed by atoms with Crippen molar-refractivity contribution in [1.82, 2.24) is 9.55 Å². The zero-order valence-electron chi connectivity index (χ0n) is 10.5. The summed E-state index contributed by atoms with van der Waals surface area (Å²) in [5.41, 5.74) is 0.918. The average Bonchev–Trinajstić information content (AvgIpc) is 2.93. The minimum Gasteiger partial charge on any atom is -0.374 e. The number of hydrogen-bond donors (Lipinski definition) is 0. The van der Waals surface area contributed by atoms with Crippen molar-refractivity contribution in [2.75, 3.05) is 13.2 Å². The summed E-state index contributed by atoms with van der Waals surface area (Å²) < 4.78 is 7.44. The minimum absolute atomic E-state index is 0.485. The van der Waals surface area contributed by atoms with Crippen LogP contribution in [0, 0.1) is 0 Å². The fourth-order valence-electron chi connectivity index (χ4n) is 1.54. The van der Waals surface area contributed by atoms with Gasteiger partial charge in [0.2, 0.25) is 0 Å². The Morgan fingerprint density at radius 1 is 1.33 bits per heavy atom. The van der Waals surface area contributed by atoms with Gasteiger partial charge in [-0.3, -0.25) is 4.57 Å². The Balaban J connectivity index is 2.17. The normalized spacial score (nSPS) is 11.7. The maximum atomic E-state index is 5.56. The molecule has 1 aromatic carbocycles. The summed E-state index contributed by atoms with van der Waals surface area (Å²) in [5.74, 6) is 0.840. The number of rotatable bonds is 5. The first kappa shape index (κ1) is 12.5. The summed E-state index contributed by atoms with van der Waals surface area (Å²) in [6.07, 6.45) is 6.34. The zero-order valence-corrected chi connectivity index (χ0v) is 10.5. The molecule has 0 aliphatic carbocycles. The highest BCUT2D eigenvalue weighted by molar-refractivity contribution is 5.87. The lowest BCUT2D eigenvalue weighted by Crippen LogP contribution is -2.17. The molecule has 1 aromatic heterocycles. The second-order valence-electron chi connectivity index (χ2n) is 3.89. The highest BCUT2D eigenvalue weighted by Gasteiger charge is 2.02. The highest BCUT2D eigenvalue weighted by Crippen LogP contribution is 2.10. The van der Waals surface area contributed by atoms with Crippen LogP contribution in [0.5, 0.6) is 0 Å². The predicted molar refractivity (Wildman–Crippen MR) is 72.3 cm³/mol. The molecular formula is C14H17N3O. The third-order valence-corrected chi connectivity index (χ3v) is 2.40. The molecule has 0 saturated carbocycles. The Morgan fingerprint density at radius 2 is 2.17 bits per heavy atom. The van der Waals surface area contributed by atoms with Crippen molar-refractivity contribution < 1.29 is 4.74 Å². The van der Waals surface area contributed by atoms with Gasteiger partial charge in [-0.2, -0.15) is 0 Å². The van der Waals surface area contributed by atoms with E-state index in [0.29, 0.717) is 6.61 Å². The van der Waals surface area contributed by atoms with Crippen LogP contribution in [0.3, 0.4) is 0 Å². The van der Waals surface area contributed by atoms with Gasteiger partial charge in [0.1, 0.15) is 18.8 Å². The van der Waals surface area contributed by atoms with E-state index in [-0.39, 0.29) is 0 Å². The maximum absolute atomic E-state index is 5.56. The summed E-state index contributed by atoms with van der Waals surface area (Å²) in [6.45, 7) is 3.31. The van der Waals surface area contributed by atoms with Crippen molar-refractivity contribution in [2.45, 2.75) is 13.3 Å². The predicted octanol–water partition coefficient (Wildman–Crippen LogP) is 2.89. The standard InChI is InChI=1S/C14H17N3O/c1-2-10-18-11-14(17-9-8-15-12-17)16-13-6-4-3-5-7-13/h3-9,12H,2,10-11H2,1H3. The third-order valence-electron chi connectivity index (χ3n) is 2.40. The Bertz CT molecular complexity index is 477. The van der Waals surface area contributed by atoms with Crippen molar-refractivity contribution in [3.8, 4) is 0 Å². The van der Waals surface area contributed by atoms with Gasteiger partial charge in [-0.1, -0.05) is 25.1 Å². The Kier molecular flexibility index (Phi) is 4.67. The first-order valence-electron chi connectivity index (χ1n) is 6.09. The molecule has 0 saturated heterocycles. The molecule has 0 fully saturated rings. The molecule has 0 aliphatic heterocycles. The Morgan fingerprint density at radius 3 is 2.83 bits per heavy atom. The lowest BCUT2D eigenvalue weighted by atomic mass is 10.3. The second-order valence-corrected chi connectivity index (χ2v) is 3.89. The molecule has 0 bridgehead atoms. The SMILES string of the molecule is CCCOCC(=Nc1ccccc1)n1ccnc1. The fourth-order valence-corrected chi connectivity index (χ4v) is 1.54. The molecular weight excluding hydrogens is 226 g/mol. The Hall–Kier alpha value is -1.94. The summed E-state index contributed by atoms with van der Waals surface area (Å²) in [4.78, 5) is 8.63. The van der Waals surface area contributed by atoms with Crippen molar-refractivity contribution in [2.24, 2.45) is 4.99 Å². The van der Waals surface area contributed by atoms with Crippen LogP contribution in [0.4, 0.5) is 5.69 Å². The van der Waals surface area contributed by atoms with E-state index in [9.17, 15) is 0 Å². The van der Waals surface area contributed by atoms with E-state index >= 15 is 0 Å². The van der Waals surface area contributed by atoms with E-state index in [1.807, 2.05) is 41.1 Å². The quantitative estimate of drug-likeness (QED) is 0.460. The number of hydrogen-bond acceptors (Lipinski definition) is 3. The van der Waals surface area contributed by atoms with Crippen LogP contribution in [-0.4, -0.2) is 28.6 Å². The third kappa shape index (κ3) is 3.53. The summed E-state index contributed by atoms with van der Waals surface area (Å²) in [6, 6.07) is 9.85. The number of imidazole rings is 1. The molecule has 0 unspecified atom stereocenters. The van der Waals surface area contributed by atoms with Gasteiger partial charge in [-0.25, -0.2) is 9.98 Å². The van der Waals surface area contributed by atoms with E-state index in [4.69, 9.17) is 4.74 Å². The van der Waals surface area contributed by atoms with Crippen LogP contribution < -0.4 is 0 Å². The molecule has 4 heteroatoms. The molecule has 94 valence electrons. The minimum atomic E-state index is 0.485. The van der Waals surface area contributed by atoms with Gasteiger partial charge in [0.25, 0.3) is 0 Å². The fraction of sp³-hybridized carbons (Fsp3) is 0.286. The molecule has 0 aliphatic rings. The largest absolute Gasteiger partial charge is 0.374 e. The van der Waals surface area contributed by atoms with Crippen LogP contribution in [-0.2, 0) is 4.74 Å². The van der Waals surface area contributed by atoms with Crippen LogP contribution in [0.25, 0.3) is 0 Å². The highest BCUT2D eigenvalue weighted by atomic mass is 16.5. The van der Waals surface area contributed by atoms with Crippen molar-refractivity contribution in [3.63, 3.8) is 0 Å². The molecule has 0 amide bonds. The molecule has 2 rings (SSSR count). The first-order valence-corrected chi connectivity index (χ1v) is 6.09. The number of aliphatic imine (C=N–C) groups is 1. The molecule has 0 N–H and O–H groups in total. The van der Waals surface area contributed by atoms with Crippen molar-refractivity contribution in [3.05, 3.63) is 49.1 Å². The van der Waals surface area contributed by atoms with Gasteiger partial charge < -0.3 is 4.74 Å². The van der Waals surface area contributed by atoms with Gasteiger partial charge in [-0.15, -0.1) is 0 Å². The van der Waals surface area contributed by atoms with Gasteiger partial charge >= 0.3 is 0 Å². The van der Waals surface area contributed by atoms with E-state index in [2.05, 4.69) is 16.9 Å². The molecule has 1 heterocycles. The lowest BCUT2D eigenvalue weighted by molar-refractivity contribution is 0.170. The number of nitrogens with zero attached hydrogens (tertiary/aromatic N) is 3. The molecule has 2 aromatic rings. The van der Waals surface area contributed by atoms with E-state index in [1.165, 1.54) is 0 Å². The van der Waals surface area contributed by atoms with Crippen molar-refractivity contribution in [1.29, 1.82) is 0 Å². The molecule has 0 spiro atoms. The molecule has 0 atom stereocenters. The zero-order chi connectivity index (χ0) is 12.6. The molecule has 0 radical (unpaired) electrons. The van der Waals surface area contributed by atoms with Gasteiger partial charge in [0.15, 0.2) is 0 Å². The lowest BCUT2D eigenvalue weighted by Gasteiger charge is -2.08. The summed E-state index contributed by atoms with van der Waals surface area (Å²) in [7, 11) is 0. The Labute approximate surface area is 107 Å². The maximum Gasteiger partial charge on any atom is 0.140 e. The average molecular weight is 243 g/mol. The van der Waals surface area contributed by atoms with E-state index < -0.39 is 0 Å². The topological polar surface area (TPSA) is 39.4 Å². The van der Waals surface area contributed by atoms with Crippen LogP contribution in [0.1, 0.15) is 13.3 Å². The second kappa shape index (κ2) is 6.71. The number of ether oxygens (including phenoxy) is 1. The van der Waals surface area contributed by atoms with Crippen LogP contribution in [0.15, 0.2) is 54.0 Å². The van der Waals surface area contributed by atoms with Gasteiger partial charge in [-0.05, 0) is 18.6 Å². The van der Waals surface area contributed by atoms with E-state index in [1.54, 1.807) is 12.5 Å².